The highest BCUT2D eigenvalue weighted by molar-refractivity contribution is 9.10. The van der Waals surface area contributed by atoms with E-state index in [1.54, 1.807) is 12.1 Å². The van der Waals surface area contributed by atoms with Crippen LogP contribution in [0.25, 0.3) is 11.0 Å². The van der Waals surface area contributed by atoms with Gasteiger partial charge in [-0.05, 0) is 37.3 Å². The number of hydrogen-bond acceptors (Lipinski definition) is 4. The number of carbonyl (C=O) groups is 1. The van der Waals surface area contributed by atoms with Crippen LogP contribution in [0.1, 0.15) is 16.1 Å². The van der Waals surface area contributed by atoms with Crippen LogP contribution >= 0.6 is 15.9 Å². The number of aryl methyl sites for hydroxylation is 1. The molecule has 0 unspecified atom stereocenters. The number of amides is 1. The lowest BCUT2D eigenvalue weighted by Crippen LogP contribution is -2.48. The second-order valence-electron chi connectivity index (χ2n) is 6.46. The summed E-state index contributed by atoms with van der Waals surface area (Å²) in [7, 11) is 0. The van der Waals surface area contributed by atoms with Crippen molar-refractivity contribution in [2.75, 3.05) is 31.1 Å². The molecule has 2 aromatic carbocycles. The van der Waals surface area contributed by atoms with Gasteiger partial charge in [-0.15, -0.1) is 0 Å². The number of rotatable bonds is 2. The first-order valence-corrected chi connectivity index (χ1v) is 9.35. The summed E-state index contributed by atoms with van der Waals surface area (Å²) in [6, 6.07) is 13.0. The maximum absolute atomic E-state index is 12.9. The Morgan fingerprint density at radius 3 is 2.58 bits per heavy atom. The molecular formula is C20H19BrN2O3. The molecule has 3 aromatic rings. The van der Waals surface area contributed by atoms with Crippen LogP contribution < -0.4 is 4.90 Å². The molecule has 1 saturated heterocycles. The van der Waals surface area contributed by atoms with Gasteiger partial charge in [0.25, 0.3) is 5.91 Å². The van der Waals surface area contributed by atoms with E-state index in [2.05, 4.69) is 20.8 Å². The molecule has 0 bridgehead atoms. The molecule has 1 fully saturated rings. The lowest BCUT2D eigenvalue weighted by Gasteiger charge is -2.36. The van der Waals surface area contributed by atoms with Crippen molar-refractivity contribution in [1.82, 2.24) is 4.90 Å². The van der Waals surface area contributed by atoms with Crippen molar-refractivity contribution in [3.05, 3.63) is 58.3 Å². The topological polar surface area (TPSA) is 56.9 Å². The molecule has 1 N–H and O–H groups in total. The van der Waals surface area contributed by atoms with Gasteiger partial charge in [-0.1, -0.05) is 28.1 Å². The molecule has 5 nitrogen and oxygen atoms in total. The Kier molecular flexibility index (Phi) is 4.36. The van der Waals surface area contributed by atoms with E-state index in [9.17, 15) is 9.90 Å². The number of fused-ring (bicyclic) bond motifs is 1. The minimum Gasteiger partial charge on any atom is -0.506 e. The van der Waals surface area contributed by atoms with Gasteiger partial charge in [-0.3, -0.25) is 4.79 Å². The minimum absolute atomic E-state index is 0.0771. The molecule has 0 radical (unpaired) electrons. The third-order valence-corrected chi connectivity index (χ3v) is 5.38. The number of anilines is 1. The molecule has 0 saturated carbocycles. The Hall–Kier alpha value is -2.47. The number of phenols is 1. The van der Waals surface area contributed by atoms with Gasteiger partial charge in [0.05, 0.1) is 5.69 Å². The van der Waals surface area contributed by atoms with E-state index < -0.39 is 0 Å². The molecule has 1 aromatic heterocycles. The summed E-state index contributed by atoms with van der Waals surface area (Å²) in [6.07, 6.45) is 0. The quantitative estimate of drug-likeness (QED) is 0.683. The molecule has 1 aliphatic rings. The predicted molar refractivity (Wildman–Crippen MR) is 105 cm³/mol. The fraction of sp³-hybridized carbons (Fsp3) is 0.250. The number of halogens is 1. The van der Waals surface area contributed by atoms with E-state index in [4.69, 9.17) is 4.42 Å². The van der Waals surface area contributed by atoms with Gasteiger partial charge in [0.2, 0.25) is 0 Å². The summed E-state index contributed by atoms with van der Waals surface area (Å²) >= 11 is 3.46. The van der Waals surface area contributed by atoms with Crippen LogP contribution in [0, 0.1) is 6.92 Å². The van der Waals surface area contributed by atoms with E-state index in [-0.39, 0.29) is 11.7 Å². The highest BCUT2D eigenvalue weighted by atomic mass is 79.9. The Labute approximate surface area is 159 Å². The molecule has 6 heteroatoms. The third-order valence-electron chi connectivity index (χ3n) is 4.88. The first kappa shape index (κ1) is 17.0. The summed E-state index contributed by atoms with van der Waals surface area (Å²) in [5, 5.41) is 11.0. The molecule has 1 aliphatic heterocycles. The van der Waals surface area contributed by atoms with Crippen LogP contribution in [-0.4, -0.2) is 42.1 Å². The zero-order valence-electron chi connectivity index (χ0n) is 14.4. The van der Waals surface area contributed by atoms with E-state index in [1.807, 2.05) is 42.2 Å². The summed E-state index contributed by atoms with van der Waals surface area (Å²) < 4.78 is 6.80. The molecular weight excluding hydrogens is 396 g/mol. The van der Waals surface area contributed by atoms with Gasteiger partial charge in [0.15, 0.2) is 5.76 Å². The number of nitrogens with zero attached hydrogens (tertiary/aromatic N) is 2. The van der Waals surface area contributed by atoms with Gasteiger partial charge >= 0.3 is 0 Å². The summed E-state index contributed by atoms with van der Waals surface area (Å²) in [5.41, 5.74) is 2.40. The maximum Gasteiger partial charge on any atom is 0.290 e. The number of piperazine rings is 1. The standard InChI is InChI=1S/C20H19BrN2O3/c1-13-15-12-14(21)6-7-18(15)26-19(13)20(25)23-10-8-22(9-11-23)16-4-2-3-5-17(16)24/h2-7,12,24H,8-11H2,1H3. The number of aromatic hydroxyl groups is 1. The van der Waals surface area contributed by atoms with Gasteiger partial charge in [-0.2, -0.15) is 0 Å². The Bertz CT molecular complexity index is 974. The van der Waals surface area contributed by atoms with Crippen LogP contribution in [0.15, 0.2) is 51.4 Å². The Morgan fingerprint density at radius 2 is 1.85 bits per heavy atom. The first-order chi connectivity index (χ1) is 12.5. The fourth-order valence-electron chi connectivity index (χ4n) is 3.42. The number of furan rings is 1. The summed E-state index contributed by atoms with van der Waals surface area (Å²) in [4.78, 5) is 16.9. The second kappa shape index (κ2) is 6.68. The van der Waals surface area contributed by atoms with Crippen molar-refractivity contribution in [3.8, 4) is 5.75 Å². The van der Waals surface area contributed by atoms with E-state index in [0.717, 1.165) is 26.7 Å². The molecule has 0 aliphatic carbocycles. The molecule has 2 heterocycles. The molecule has 4 rings (SSSR count). The highest BCUT2D eigenvalue weighted by Gasteiger charge is 2.27. The van der Waals surface area contributed by atoms with E-state index >= 15 is 0 Å². The second-order valence-corrected chi connectivity index (χ2v) is 7.38. The van der Waals surface area contributed by atoms with E-state index in [1.165, 1.54) is 0 Å². The average Bonchev–Trinajstić information content (AvgIpc) is 2.98. The smallest absolute Gasteiger partial charge is 0.290 e. The molecule has 26 heavy (non-hydrogen) atoms. The molecule has 0 atom stereocenters. The monoisotopic (exact) mass is 414 g/mol. The number of para-hydroxylation sites is 2. The predicted octanol–water partition coefficient (Wildman–Crippen LogP) is 4.17. The number of phenolic OH excluding ortho intramolecular Hbond substituents is 1. The average molecular weight is 415 g/mol. The van der Waals surface area contributed by atoms with Crippen molar-refractivity contribution in [1.29, 1.82) is 0 Å². The third kappa shape index (κ3) is 2.94. The van der Waals surface area contributed by atoms with Gasteiger partial charge in [0, 0.05) is 41.6 Å². The minimum atomic E-state index is -0.0771. The Balaban J connectivity index is 1.52. The van der Waals surface area contributed by atoms with Crippen LogP contribution in [-0.2, 0) is 0 Å². The fourth-order valence-corrected chi connectivity index (χ4v) is 3.78. The van der Waals surface area contributed by atoms with Crippen LogP contribution in [0.4, 0.5) is 5.69 Å². The lowest BCUT2D eigenvalue weighted by atomic mass is 10.1. The first-order valence-electron chi connectivity index (χ1n) is 8.55. The number of benzene rings is 2. The van der Waals surface area contributed by atoms with Crippen LogP contribution in [0.3, 0.4) is 0 Å². The lowest BCUT2D eigenvalue weighted by molar-refractivity contribution is 0.0716. The number of hydrogen-bond donors (Lipinski definition) is 1. The number of carbonyl (C=O) groups excluding carboxylic acids is 1. The molecule has 0 spiro atoms. The van der Waals surface area contributed by atoms with Gasteiger partial charge < -0.3 is 19.3 Å². The van der Waals surface area contributed by atoms with Gasteiger partial charge in [0.1, 0.15) is 11.3 Å². The van der Waals surface area contributed by atoms with E-state index in [0.29, 0.717) is 31.9 Å². The largest absolute Gasteiger partial charge is 0.506 e. The zero-order valence-corrected chi connectivity index (χ0v) is 16.0. The summed E-state index contributed by atoms with van der Waals surface area (Å²) in [6.45, 7) is 4.45. The van der Waals surface area contributed by atoms with Crippen molar-refractivity contribution >= 4 is 38.5 Å². The highest BCUT2D eigenvalue weighted by Crippen LogP contribution is 2.30. The normalized spacial score (nSPS) is 14.8. The van der Waals surface area contributed by atoms with Crippen molar-refractivity contribution in [2.24, 2.45) is 0 Å². The van der Waals surface area contributed by atoms with Crippen molar-refractivity contribution in [3.63, 3.8) is 0 Å². The molecule has 134 valence electrons. The van der Waals surface area contributed by atoms with Crippen LogP contribution in [0.2, 0.25) is 0 Å². The molecule has 1 amide bonds. The van der Waals surface area contributed by atoms with Gasteiger partial charge in [-0.25, -0.2) is 0 Å². The zero-order chi connectivity index (χ0) is 18.3. The summed E-state index contributed by atoms with van der Waals surface area (Å²) in [5.74, 6) is 0.604. The Morgan fingerprint density at radius 1 is 1.12 bits per heavy atom. The SMILES string of the molecule is Cc1c(C(=O)N2CCN(c3ccccc3O)CC2)oc2ccc(Br)cc12. The van der Waals surface area contributed by atoms with Crippen molar-refractivity contribution in [2.45, 2.75) is 6.92 Å². The maximum atomic E-state index is 12.9. The van der Waals surface area contributed by atoms with Crippen molar-refractivity contribution < 1.29 is 14.3 Å². The van der Waals surface area contributed by atoms with Crippen LogP contribution in [0.5, 0.6) is 5.75 Å².